The molecule has 0 saturated carbocycles. The number of methoxy groups -OCH3 is 1. The maximum Gasteiger partial charge on any atom is 0.488 e. The molecule has 33 heavy (non-hydrogen) atoms. The quantitative estimate of drug-likeness (QED) is 0.171. The van der Waals surface area contributed by atoms with Gasteiger partial charge in [0.15, 0.2) is 0 Å². The van der Waals surface area contributed by atoms with Crippen molar-refractivity contribution in [1.29, 1.82) is 0 Å². The van der Waals surface area contributed by atoms with Gasteiger partial charge in [0.25, 0.3) is 11.8 Å². The molecule has 0 aromatic rings. The van der Waals surface area contributed by atoms with Crippen LogP contribution in [0.25, 0.3) is 0 Å². The predicted octanol–water partition coefficient (Wildman–Crippen LogP) is 3.55. The van der Waals surface area contributed by atoms with Gasteiger partial charge in [-0.15, -0.1) is 0 Å². The smallest absolute Gasteiger partial charge is 0.488 e. The molecule has 1 rings (SSSR count). The Morgan fingerprint density at radius 2 is 2.00 bits per heavy atom. The van der Waals surface area contributed by atoms with Crippen LogP contribution >= 0.6 is 0 Å². The highest BCUT2D eigenvalue weighted by Gasteiger charge is 2.35. The summed E-state index contributed by atoms with van der Waals surface area (Å²) >= 11 is 0. The summed E-state index contributed by atoms with van der Waals surface area (Å²) in [7, 11) is -0.105. The molecule has 3 N–H and O–H groups in total. The van der Waals surface area contributed by atoms with Crippen LogP contribution in [0.3, 0.4) is 0 Å². The third-order valence-electron chi connectivity index (χ3n) is 5.49. The first-order chi connectivity index (χ1) is 15.4. The summed E-state index contributed by atoms with van der Waals surface area (Å²) in [5.74, 6) is -0.362. The topological polar surface area (TPSA) is 99.1 Å². The van der Waals surface area contributed by atoms with Crippen molar-refractivity contribution in [2.24, 2.45) is 5.41 Å². The van der Waals surface area contributed by atoms with Crippen LogP contribution in [0.4, 0.5) is 0 Å². The first kappa shape index (κ1) is 28.2. The van der Waals surface area contributed by atoms with Crippen molar-refractivity contribution < 1.29 is 24.4 Å². The Balaban J connectivity index is 3.33. The average molecular weight is 456 g/mol. The Hall–Kier alpha value is -2.84. The Kier molecular flexibility index (Phi) is 10.6. The largest absolute Gasteiger partial charge is 0.496 e. The van der Waals surface area contributed by atoms with Gasteiger partial charge < -0.3 is 14.8 Å². The van der Waals surface area contributed by atoms with Gasteiger partial charge in [0.05, 0.1) is 13.2 Å². The fourth-order valence-corrected chi connectivity index (χ4v) is 3.59. The SMILES string of the molecule is C=C(C(=O)NN(C(=O)C1=CC=CC(B(O)O)=CC1)C(CC)C(C)(C)C)/C(C)=C(\C=C/C)OC. The van der Waals surface area contributed by atoms with E-state index in [1.165, 1.54) is 12.1 Å². The molecule has 8 heteroatoms. The molecule has 1 aliphatic carbocycles. The number of hydrogen-bond acceptors (Lipinski definition) is 5. The minimum Gasteiger partial charge on any atom is -0.496 e. The second-order valence-electron chi connectivity index (χ2n) is 8.91. The van der Waals surface area contributed by atoms with E-state index in [0.29, 0.717) is 28.8 Å². The Morgan fingerprint density at radius 3 is 2.48 bits per heavy atom. The maximum absolute atomic E-state index is 13.6. The van der Waals surface area contributed by atoms with Gasteiger partial charge in [0.2, 0.25) is 0 Å². The molecule has 0 saturated heterocycles. The van der Waals surface area contributed by atoms with Crippen LogP contribution in [0.5, 0.6) is 0 Å². The first-order valence-electron chi connectivity index (χ1n) is 11.0. The summed E-state index contributed by atoms with van der Waals surface area (Å²) in [4.78, 5) is 26.7. The number of hydrogen-bond donors (Lipinski definition) is 3. The second-order valence-corrected chi connectivity index (χ2v) is 8.91. The van der Waals surface area contributed by atoms with Gasteiger partial charge in [-0.1, -0.05) is 64.7 Å². The molecule has 0 spiro atoms. The standard InChI is InChI=1S/C25H37BN2O5/c1-9-12-21(33-8)17(3)18(4)23(29)27-28(22(10-2)25(5,6)7)24(30)19-13-11-14-20(16-15-19)26(31)32/h9,11-14,16,22,31-32H,4,10,15H2,1-3,5-8H3,(H,27,29)/b12-9-,21-17+. The van der Waals surface area contributed by atoms with Crippen LogP contribution in [0.15, 0.2) is 71.0 Å². The van der Waals surface area contributed by atoms with E-state index in [2.05, 4.69) is 12.0 Å². The number of carbonyl (C=O) groups is 2. The molecule has 0 heterocycles. The van der Waals surface area contributed by atoms with Gasteiger partial charge in [0.1, 0.15) is 5.76 Å². The summed E-state index contributed by atoms with van der Waals surface area (Å²) in [5.41, 5.74) is 3.91. The monoisotopic (exact) mass is 456 g/mol. The molecular formula is C25H37BN2O5. The number of amides is 2. The summed E-state index contributed by atoms with van der Waals surface area (Å²) in [5, 5.41) is 20.2. The molecule has 0 fully saturated rings. The Labute approximate surface area is 198 Å². The number of nitrogens with one attached hydrogen (secondary N) is 1. The number of hydrazine groups is 1. The zero-order chi connectivity index (χ0) is 25.3. The van der Waals surface area contributed by atoms with Crippen molar-refractivity contribution in [2.75, 3.05) is 7.11 Å². The van der Waals surface area contributed by atoms with Crippen LogP contribution < -0.4 is 5.43 Å². The van der Waals surface area contributed by atoms with E-state index in [4.69, 9.17) is 4.74 Å². The fraction of sp³-hybridized carbons (Fsp3) is 0.440. The lowest BCUT2D eigenvalue weighted by atomic mass is 9.78. The number of allylic oxidation sites excluding steroid dienone is 7. The summed E-state index contributed by atoms with van der Waals surface area (Å²) < 4.78 is 5.34. The first-order valence-corrected chi connectivity index (χ1v) is 11.0. The van der Waals surface area contributed by atoms with Gasteiger partial charge in [-0.2, -0.15) is 0 Å². The minimum atomic E-state index is -1.62. The molecule has 2 amide bonds. The van der Waals surface area contributed by atoms with Crippen LogP contribution in [0, 0.1) is 5.41 Å². The van der Waals surface area contributed by atoms with Gasteiger partial charge in [-0.05, 0) is 43.7 Å². The number of ether oxygens (including phenoxy) is 1. The molecular weight excluding hydrogens is 419 g/mol. The zero-order valence-corrected chi connectivity index (χ0v) is 20.8. The minimum absolute atomic E-state index is 0.187. The van der Waals surface area contributed by atoms with Crippen molar-refractivity contribution in [1.82, 2.24) is 10.4 Å². The van der Waals surface area contributed by atoms with Crippen molar-refractivity contribution in [3.05, 3.63) is 71.0 Å². The molecule has 0 bridgehead atoms. The molecule has 0 aromatic heterocycles. The third-order valence-corrected chi connectivity index (χ3v) is 5.49. The molecule has 180 valence electrons. The highest BCUT2D eigenvalue weighted by atomic mass is 16.5. The number of carbonyl (C=O) groups excluding carboxylic acids is 2. The lowest BCUT2D eigenvalue weighted by Crippen LogP contribution is -2.56. The Morgan fingerprint density at radius 1 is 1.36 bits per heavy atom. The second kappa shape index (κ2) is 12.4. The van der Waals surface area contributed by atoms with Crippen molar-refractivity contribution in [3.8, 4) is 0 Å². The summed E-state index contributed by atoms with van der Waals surface area (Å²) in [6.07, 6.45) is 10.7. The third kappa shape index (κ3) is 7.61. The highest BCUT2D eigenvalue weighted by molar-refractivity contribution is 6.51. The normalized spacial score (nSPS) is 15.7. The average Bonchev–Trinajstić information content (AvgIpc) is 3.01. The number of nitrogens with zero attached hydrogens (tertiary/aromatic N) is 1. The van der Waals surface area contributed by atoms with Crippen LogP contribution in [-0.2, 0) is 14.3 Å². The van der Waals surface area contributed by atoms with E-state index < -0.39 is 13.0 Å². The van der Waals surface area contributed by atoms with E-state index >= 15 is 0 Å². The Bertz CT molecular complexity index is 904. The van der Waals surface area contributed by atoms with Crippen LogP contribution in [0.1, 0.15) is 54.4 Å². The van der Waals surface area contributed by atoms with E-state index in [1.54, 1.807) is 43.4 Å². The van der Waals surface area contributed by atoms with Crippen LogP contribution in [-0.4, -0.2) is 47.1 Å². The lowest BCUT2D eigenvalue weighted by molar-refractivity contribution is -0.143. The molecule has 0 aromatic carbocycles. The van der Waals surface area contributed by atoms with Crippen molar-refractivity contribution in [3.63, 3.8) is 0 Å². The van der Waals surface area contributed by atoms with E-state index in [1.807, 2.05) is 34.6 Å². The summed E-state index contributed by atoms with van der Waals surface area (Å²) in [6, 6.07) is -0.302. The zero-order valence-electron chi connectivity index (χ0n) is 20.8. The fourth-order valence-electron chi connectivity index (χ4n) is 3.59. The lowest BCUT2D eigenvalue weighted by Gasteiger charge is -2.40. The van der Waals surface area contributed by atoms with Crippen molar-refractivity contribution in [2.45, 2.75) is 60.4 Å². The van der Waals surface area contributed by atoms with E-state index in [0.717, 1.165) is 0 Å². The molecule has 0 radical (unpaired) electrons. The molecule has 1 atom stereocenters. The van der Waals surface area contributed by atoms with E-state index in [-0.39, 0.29) is 29.4 Å². The van der Waals surface area contributed by atoms with E-state index in [9.17, 15) is 19.6 Å². The van der Waals surface area contributed by atoms with Gasteiger partial charge in [0, 0.05) is 16.7 Å². The molecule has 0 aliphatic heterocycles. The molecule has 1 aliphatic rings. The molecule has 7 nitrogen and oxygen atoms in total. The van der Waals surface area contributed by atoms with Gasteiger partial charge >= 0.3 is 7.12 Å². The van der Waals surface area contributed by atoms with Crippen molar-refractivity contribution >= 4 is 18.9 Å². The maximum atomic E-state index is 13.6. The van der Waals surface area contributed by atoms with Crippen LogP contribution in [0.2, 0.25) is 0 Å². The highest BCUT2D eigenvalue weighted by Crippen LogP contribution is 2.28. The predicted molar refractivity (Wildman–Crippen MR) is 132 cm³/mol. The van der Waals surface area contributed by atoms with Gasteiger partial charge in [-0.25, -0.2) is 5.01 Å². The number of rotatable bonds is 8. The molecule has 1 unspecified atom stereocenters. The van der Waals surface area contributed by atoms with Gasteiger partial charge in [-0.3, -0.25) is 15.0 Å². The summed E-state index contributed by atoms with van der Waals surface area (Å²) in [6.45, 7) is 15.5.